The first-order chi connectivity index (χ1) is 13.5. The highest BCUT2D eigenvalue weighted by molar-refractivity contribution is 8.00. The third-order valence-electron chi connectivity index (χ3n) is 4.24. The molecule has 28 heavy (non-hydrogen) atoms. The van der Waals surface area contributed by atoms with Crippen LogP contribution in [0.4, 0.5) is 5.69 Å². The third-order valence-corrected chi connectivity index (χ3v) is 5.45. The molecule has 0 fully saturated rings. The summed E-state index contributed by atoms with van der Waals surface area (Å²) in [6, 6.07) is 17.9. The number of halogens is 1. The first-order valence-electron chi connectivity index (χ1n) is 8.65. The largest absolute Gasteiger partial charge is 0.495 e. The van der Waals surface area contributed by atoms with Crippen molar-refractivity contribution in [3.63, 3.8) is 0 Å². The summed E-state index contributed by atoms with van der Waals surface area (Å²) in [6.45, 7) is 2.08. The normalized spacial score (nSPS) is 10.5. The number of anilines is 1. The van der Waals surface area contributed by atoms with Crippen LogP contribution in [0.1, 0.15) is 5.56 Å². The first kappa shape index (κ1) is 20.2. The number of benzene rings is 3. The van der Waals surface area contributed by atoms with Gasteiger partial charge in [0.15, 0.2) is 11.5 Å². The molecule has 0 heterocycles. The van der Waals surface area contributed by atoms with E-state index in [1.54, 1.807) is 27.4 Å². The molecule has 146 valence electrons. The van der Waals surface area contributed by atoms with Gasteiger partial charge in [-0.05, 0) is 48.7 Å². The van der Waals surface area contributed by atoms with E-state index in [0.717, 1.165) is 21.7 Å². The van der Waals surface area contributed by atoms with Crippen molar-refractivity contribution < 1.29 is 14.2 Å². The monoisotopic (exact) mass is 415 g/mol. The van der Waals surface area contributed by atoms with Crippen LogP contribution in [-0.4, -0.2) is 21.3 Å². The molecule has 0 aliphatic carbocycles. The maximum Gasteiger partial charge on any atom is 0.161 e. The molecule has 3 aromatic carbocycles. The van der Waals surface area contributed by atoms with E-state index in [1.807, 2.05) is 30.3 Å². The number of ether oxygens (including phenoxy) is 3. The van der Waals surface area contributed by atoms with E-state index < -0.39 is 0 Å². The number of hydrogen-bond donors (Lipinski definition) is 1. The molecule has 0 radical (unpaired) electrons. The fourth-order valence-corrected chi connectivity index (χ4v) is 3.82. The van der Waals surface area contributed by atoms with Crippen LogP contribution in [-0.2, 0) is 0 Å². The zero-order valence-corrected chi connectivity index (χ0v) is 17.8. The summed E-state index contributed by atoms with van der Waals surface area (Å²) in [7, 11) is 4.88. The predicted molar refractivity (Wildman–Crippen MR) is 117 cm³/mol. The summed E-state index contributed by atoms with van der Waals surface area (Å²) in [6.07, 6.45) is 0. The minimum atomic E-state index is 0.574. The van der Waals surface area contributed by atoms with Crippen molar-refractivity contribution in [3.8, 4) is 28.4 Å². The van der Waals surface area contributed by atoms with Crippen LogP contribution in [0.2, 0.25) is 5.02 Å². The Kier molecular flexibility index (Phi) is 6.60. The number of aryl methyl sites for hydroxylation is 1. The summed E-state index contributed by atoms with van der Waals surface area (Å²) < 4.78 is 19.6. The van der Waals surface area contributed by atoms with E-state index in [1.165, 1.54) is 17.5 Å². The van der Waals surface area contributed by atoms with Crippen molar-refractivity contribution in [1.29, 1.82) is 0 Å². The Labute approximate surface area is 174 Å². The average molecular weight is 416 g/mol. The molecule has 3 rings (SSSR count). The smallest absolute Gasteiger partial charge is 0.161 e. The Bertz CT molecular complexity index is 978. The molecule has 0 spiro atoms. The second-order valence-electron chi connectivity index (χ2n) is 6.13. The second-order valence-corrected chi connectivity index (χ2v) is 7.38. The van der Waals surface area contributed by atoms with Gasteiger partial charge in [0.05, 0.1) is 26.4 Å². The van der Waals surface area contributed by atoms with Crippen LogP contribution in [0.25, 0.3) is 11.1 Å². The van der Waals surface area contributed by atoms with Crippen molar-refractivity contribution in [2.75, 3.05) is 26.1 Å². The van der Waals surface area contributed by atoms with Gasteiger partial charge < -0.3 is 18.9 Å². The zero-order chi connectivity index (χ0) is 20.1. The van der Waals surface area contributed by atoms with Crippen LogP contribution in [0.15, 0.2) is 59.5 Å². The molecule has 0 bridgehead atoms. The van der Waals surface area contributed by atoms with Crippen molar-refractivity contribution in [2.45, 2.75) is 11.8 Å². The summed E-state index contributed by atoms with van der Waals surface area (Å²) in [4.78, 5) is 1.01. The molecule has 3 aromatic rings. The van der Waals surface area contributed by atoms with E-state index in [2.05, 4.69) is 29.8 Å². The van der Waals surface area contributed by atoms with Gasteiger partial charge in [-0.2, -0.15) is 0 Å². The lowest BCUT2D eigenvalue weighted by Crippen LogP contribution is -1.95. The van der Waals surface area contributed by atoms with Gasteiger partial charge in [0.1, 0.15) is 5.75 Å². The summed E-state index contributed by atoms with van der Waals surface area (Å²) in [5, 5.41) is 0.574. The Balaban J connectivity index is 1.98. The van der Waals surface area contributed by atoms with Crippen molar-refractivity contribution >= 4 is 29.2 Å². The number of rotatable bonds is 7. The van der Waals surface area contributed by atoms with Crippen molar-refractivity contribution in [1.82, 2.24) is 0 Å². The summed E-state index contributed by atoms with van der Waals surface area (Å²) in [5.74, 6) is 1.99. The summed E-state index contributed by atoms with van der Waals surface area (Å²) >= 11 is 7.61. The van der Waals surface area contributed by atoms with E-state index in [4.69, 9.17) is 25.8 Å². The molecule has 6 heteroatoms. The van der Waals surface area contributed by atoms with Crippen LogP contribution < -0.4 is 18.9 Å². The first-order valence-corrected chi connectivity index (χ1v) is 9.84. The third kappa shape index (κ3) is 4.49. The van der Waals surface area contributed by atoms with Gasteiger partial charge in [-0.15, -0.1) is 0 Å². The SMILES string of the molecule is COc1cc(NSc2cc(OC)c(OC)cc2-c2cccc(C)c2)ccc1Cl. The van der Waals surface area contributed by atoms with Gasteiger partial charge >= 0.3 is 0 Å². The Hall–Kier alpha value is -2.50. The predicted octanol–water partition coefficient (Wildman–Crippen LogP) is 6.46. The minimum Gasteiger partial charge on any atom is -0.495 e. The molecule has 0 amide bonds. The van der Waals surface area contributed by atoms with Gasteiger partial charge in [0, 0.05) is 22.2 Å². The fourth-order valence-electron chi connectivity index (χ4n) is 2.82. The highest BCUT2D eigenvalue weighted by Gasteiger charge is 2.14. The lowest BCUT2D eigenvalue weighted by atomic mass is 10.0. The molecular weight excluding hydrogens is 394 g/mol. The molecule has 0 atom stereocenters. The van der Waals surface area contributed by atoms with Crippen LogP contribution in [0.5, 0.6) is 17.2 Å². The topological polar surface area (TPSA) is 39.7 Å². The summed E-state index contributed by atoms with van der Waals surface area (Å²) in [5.41, 5.74) is 4.24. The van der Waals surface area contributed by atoms with Gasteiger partial charge in [-0.3, -0.25) is 0 Å². The molecule has 0 aliphatic heterocycles. The molecule has 0 saturated heterocycles. The highest BCUT2D eigenvalue weighted by Crippen LogP contribution is 2.41. The molecule has 1 N–H and O–H groups in total. The Morgan fingerprint density at radius 2 is 1.54 bits per heavy atom. The standard InChI is InChI=1S/C22H22ClNO3S/c1-14-6-5-7-15(10-14)17-12-20(26-3)21(27-4)13-22(17)28-24-16-8-9-18(23)19(11-16)25-2/h5-13,24H,1-4H3. The quantitative estimate of drug-likeness (QED) is 0.448. The Morgan fingerprint density at radius 1 is 0.821 bits per heavy atom. The molecule has 0 aliphatic rings. The van der Waals surface area contributed by atoms with Crippen molar-refractivity contribution in [3.05, 3.63) is 65.2 Å². The maximum absolute atomic E-state index is 6.12. The zero-order valence-electron chi connectivity index (χ0n) is 16.2. The van der Waals surface area contributed by atoms with Crippen LogP contribution in [0, 0.1) is 6.92 Å². The molecule has 0 saturated carbocycles. The molecule has 4 nitrogen and oxygen atoms in total. The lowest BCUT2D eigenvalue weighted by molar-refractivity contribution is 0.354. The minimum absolute atomic E-state index is 0.574. The molecule has 0 unspecified atom stereocenters. The van der Waals surface area contributed by atoms with E-state index in [0.29, 0.717) is 22.3 Å². The second kappa shape index (κ2) is 9.13. The van der Waals surface area contributed by atoms with Crippen LogP contribution >= 0.6 is 23.5 Å². The van der Waals surface area contributed by atoms with Gasteiger partial charge in [0.25, 0.3) is 0 Å². The van der Waals surface area contributed by atoms with Gasteiger partial charge in [-0.25, -0.2) is 0 Å². The van der Waals surface area contributed by atoms with E-state index in [9.17, 15) is 0 Å². The fraction of sp³-hybridized carbons (Fsp3) is 0.182. The lowest BCUT2D eigenvalue weighted by Gasteiger charge is -2.16. The highest BCUT2D eigenvalue weighted by atomic mass is 35.5. The van der Waals surface area contributed by atoms with Crippen LogP contribution in [0.3, 0.4) is 0 Å². The van der Waals surface area contributed by atoms with Crippen molar-refractivity contribution in [2.24, 2.45) is 0 Å². The van der Waals surface area contributed by atoms with E-state index >= 15 is 0 Å². The molecule has 0 aromatic heterocycles. The van der Waals surface area contributed by atoms with Gasteiger partial charge in [0.2, 0.25) is 0 Å². The number of methoxy groups -OCH3 is 3. The van der Waals surface area contributed by atoms with E-state index in [-0.39, 0.29) is 0 Å². The maximum atomic E-state index is 6.12. The van der Waals surface area contributed by atoms with Gasteiger partial charge in [-0.1, -0.05) is 41.4 Å². The number of nitrogens with one attached hydrogen (secondary N) is 1. The Morgan fingerprint density at radius 3 is 2.21 bits per heavy atom. The molecular formula is C22H22ClNO3S. The average Bonchev–Trinajstić information content (AvgIpc) is 2.72. The number of hydrogen-bond acceptors (Lipinski definition) is 5.